The smallest absolute Gasteiger partial charge is 0.257 e. The zero-order valence-corrected chi connectivity index (χ0v) is 11.1. The fourth-order valence-corrected chi connectivity index (χ4v) is 1.59. The number of carbonyl (C=O) groups is 1. The fraction of sp³-hybridized carbons (Fsp3) is 0.429. The first-order valence-corrected chi connectivity index (χ1v) is 6.30. The van der Waals surface area contributed by atoms with Crippen molar-refractivity contribution in [3.63, 3.8) is 0 Å². The summed E-state index contributed by atoms with van der Waals surface area (Å²) >= 11 is 0. The highest BCUT2D eigenvalue weighted by atomic mass is 16.5. The summed E-state index contributed by atoms with van der Waals surface area (Å²) in [6.45, 7) is 2.27. The Morgan fingerprint density at radius 3 is 2.95 bits per heavy atom. The number of amides is 1. The van der Waals surface area contributed by atoms with Gasteiger partial charge in [-0.05, 0) is 12.5 Å². The van der Waals surface area contributed by atoms with Crippen LogP contribution in [0.15, 0.2) is 24.3 Å². The van der Waals surface area contributed by atoms with Crippen molar-refractivity contribution < 1.29 is 9.53 Å². The molecule has 1 amide bonds. The minimum Gasteiger partial charge on any atom is -0.483 e. The molecule has 0 heterocycles. The highest BCUT2D eigenvalue weighted by Gasteiger charge is 2.11. The molecule has 1 aromatic carbocycles. The van der Waals surface area contributed by atoms with Gasteiger partial charge in [0, 0.05) is 18.2 Å². The van der Waals surface area contributed by atoms with E-state index in [1.54, 1.807) is 6.07 Å². The molecule has 0 saturated carbocycles. The van der Waals surface area contributed by atoms with E-state index in [0.29, 0.717) is 18.7 Å². The molecule has 0 aliphatic rings. The molecule has 0 spiro atoms. The van der Waals surface area contributed by atoms with Crippen LogP contribution in [0.25, 0.3) is 0 Å². The number of carbonyl (C=O) groups excluding carboxylic acids is 1. The zero-order chi connectivity index (χ0) is 14.1. The molecule has 0 aliphatic carbocycles. The molecular weight excluding hydrogens is 242 g/mol. The number of nitrogens with zero attached hydrogens (tertiary/aromatic N) is 1. The normalized spacial score (nSPS) is 11.4. The summed E-state index contributed by atoms with van der Waals surface area (Å²) in [6, 6.07) is 9.29. The average molecular weight is 261 g/mol. The van der Waals surface area contributed by atoms with E-state index in [4.69, 9.17) is 15.7 Å². The van der Waals surface area contributed by atoms with Crippen LogP contribution < -0.4 is 15.8 Å². The maximum Gasteiger partial charge on any atom is 0.257 e. The molecule has 5 heteroatoms. The van der Waals surface area contributed by atoms with E-state index in [2.05, 4.69) is 5.32 Å². The molecule has 0 bridgehead atoms. The Labute approximate surface area is 113 Å². The van der Waals surface area contributed by atoms with Gasteiger partial charge in [0.25, 0.3) is 5.91 Å². The van der Waals surface area contributed by atoms with Crippen molar-refractivity contribution in [1.29, 1.82) is 5.26 Å². The molecule has 1 aromatic rings. The lowest BCUT2D eigenvalue weighted by Gasteiger charge is -2.15. The highest BCUT2D eigenvalue weighted by Crippen LogP contribution is 2.25. The monoisotopic (exact) mass is 261 g/mol. The number of nitrogens with one attached hydrogen (secondary N) is 1. The van der Waals surface area contributed by atoms with Gasteiger partial charge in [-0.1, -0.05) is 25.1 Å². The summed E-state index contributed by atoms with van der Waals surface area (Å²) in [6.07, 6.45) is 1.10. The second kappa shape index (κ2) is 8.11. The van der Waals surface area contributed by atoms with Gasteiger partial charge in [0.1, 0.15) is 5.75 Å². The molecule has 0 fully saturated rings. The number of nitrogens with two attached hydrogens (primary N) is 1. The van der Waals surface area contributed by atoms with Crippen molar-refractivity contribution in [3.8, 4) is 11.8 Å². The summed E-state index contributed by atoms with van der Waals surface area (Å²) in [5.41, 5.74) is 6.88. The number of para-hydroxylation sites is 1. The predicted molar refractivity (Wildman–Crippen MR) is 72.4 cm³/mol. The van der Waals surface area contributed by atoms with Gasteiger partial charge in [0.05, 0.1) is 12.5 Å². The van der Waals surface area contributed by atoms with E-state index in [9.17, 15) is 4.79 Å². The lowest BCUT2D eigenvalue weighted by Crippen LogP contribution is -2.29. The first-order valence-electron chi connectivity index (χ1n) is 6.30. The van der Waals surface area contributed by atoms with Crippen LogP contribution in [0.2, 0.25) is 0 Å². The second-order valence-corrected chi connectivity index (χ2v) is 4.10. The standard InChI is InChI=1S/C14H19N3O2/c1-2-12(16)11-6-3-4-7-13(11)19-10-14(18)17-9-5-8-15/h3-4,6-7,12H,2,5,9-10,16H2,1H3,(H,17,18). The van der Waals surface area contributed by atoms with Gasteiger partial charge >= 0.3 is 0 Å². The lowest BCUT2D eigenvalue weighted by molar-refractivity contribution is -0.123. The zero-order valence-electron chi connectivity index (χ0n) is 11.1. The third kappa shape index (κ3) is 4.98. The van der Waals surface area contributed by atoms with Gasteiger partial charge in [-0.15, -0.1) is 0 Å². The minimum absolute atomic E-state index is 0.0706. The second-order valence-electron chi connectivity index (χ2n) is 4.10. The van der Waals surface area contributed by atoms with E-state index in [-0.39, 0.29) is 18.6 Å². The van der Waals surface area contributed by atoms with Crippen LogP contribution in [-0.2, 0) is 4.79 Å². The van der Waals surface area contributed by atoms with Crippen LogP contribution in [0.4, 0.5) is 0 Å². The van der Waals surface area contributed by atoms with E-state index in [1.807, 2.05) is 31.2 Å². The molecule has 5 nitrogen and oxygen atoms in total. The first-order chi connectivity index (χ1) is 9.19. The topological polar surface area (TPSA) is 88.1 Å². The van der Waals surface area contributed by atoms with Gasteiger partial charge in [-0.25, -0.2) is 0 Å². The molecule has 0 aliphatic heterocycles. The molecule has 1 atom stereocenters. The molecule has 0 saturated heterocycles. The Balaban J connectivity index is 2.53. The van der Waals surface area contributed by atoms with Crippen LogP contribution in [0, 0.1) is 11.3 Å². The highest BCUT2D eigenvalue weighted by molar-refractivity contribution is 5.77. The number of nitriles is 1. The predicted octanol–water partition coefficient (Wildman–Crippen LogP) is 1.51. The molecule has 102 valence electrons. The fourth-order valence-electron chi connectivity index (χ4n) is 1.59. The van der Waals surface area contributed by atoms with Gasteiger partial charge in [-0.2, -0.15) is 5.26 Å². The summed E-state index contributed by atoms with van der Waals surface area (Å²) in [7, 11) is 0. The van der Waals surface area contributed by atoms with E-state index < -0.39 is 0 Å². The Kier molecular flexibility index (Phi) is 6.41. The Morgan fingerprint density at radius 1 is 1.53 bits per heavy atom. The minimum atomic E-state index is -0.241. The van der Waals surface area contributed by atoms with Crippen LogP contribution in [-0.4, -0.2) is 19.1 Å². The summed E-state index contributed by atoms with van der Waals surface area (Å²) in [5, 5.41) is 11.0. The van der Waals surface area contributed by atoms with Crippen LogP contribution in [0.5, 0.6) is 5.75 Å². The van der Waals surface area contributed by atoms with E-state index >= 15 is 0 Å². The average Bonchev–Trinajstić information content (AvgIpc) is 2.45. The summed E-state index contributed by atoms with van der Waals surface area (Å²) in [4.78, 5) is 11.5. The van der Waals surface area contributed by atoms with E-state index in [0.717, 1.165) is 12.0 Å². The lowest BCUT2D eigenvalue weighted by atomic mass is 10.0. The van der Waals surface area contributed by atoms with Gasteiger partial charge in [-0.3, -0.25) is 4.79 Å². The third-order valence-corrected chi connectivity index (χ3v) is 2.68. The molecule has 1 rings (SSSR count). The van der Waals surface area contributed by atoms with Gasteiger partial charge in [0.15, 0.2) is 6.61 Å². The van der Waals surface area contributed by atoms with E-state index in [1.165, 1.54) is 0 Å². The molecule has 19 heavy (non-hydrogen) atoms. The molecule has 1 unspecified atom stereocenters. The van der Waals surface area contributed by atoms with Crippen molar-refractivity contribution in [2.75, 3.05) is 13.2 Å². The van der Waals surface area contributed by atoms with Crippen molar-refractivity contribution in [3.05, 3.63) is 29.8 Å². The number of hydrogen-bond donors (Lipinski definition) is 2. The molecule has 3 N–H and O–H groups in total. The van der Waals surface area contributed by atoms with Gasteiger partial charge in [0.2, 0.25) is 0 Å². The SMILES string of the molecule is CCC(N)c1ccccc1OCC(=O)NCCC#N. The number of rotatable bonds is 7. The molecule has 0 radical (unpaired) electrons. The van der Waals surface area contributed by atoms with Gasteiger partial charge < -0.3 is 15.8 Å². The van der Waals surface area contributed by atoms with Crippen molar-refractivity contribution >= 4 is 5.91 Å². The molecule has 0 aromatic heterocycles. The van der Waals surface area contributed by atoms with Crippen LogP contribution in [0.1, 0.15) is 31.4 Å². The molecular formula is C14H19N3O2. The number of ether oxygens (including phenoxy) is 1. The summed E-state index contributed by atoms with van der Waals surface area (Å²) in [5.74, 6) is 0.391. The Morgan fingerprint density at radius 2 is 2.26 bits per heavy atom. The largest absolute Gasteiger partial charge is 0.483 e. The quantitative estimate of drug-likeness (QED) is 0.728. The van der Waals surface area contributed by atoms with Crippen LogP contribution >= 0.6 is 0 Å². The first kappa shape index (κ1) is 15.0. The number of benzene rings is 1. The maximum absolute atomic E-state index is 11.5. The van der Waals surface area contributed by atoms with Crippen LogP contribution in [0.3, 0.4) is 0 Å². The Bertz CT molecular complexity index is 454. The summed E-state index contributed by atoms with van der Waals surface area (Å²) < 4.78 is 5.48. The maximum atomic E-state index is 11.5. The number of hydrogen-bond acceptors (Lipinski definition) is 4. The van der Waals surface area contributed by atoms with Crippen molar-refractivity contribution in [1.82, 2.24) is 5.32 Å². The third-order valence-electron chi connectivity index (χ3n) is 2.68. The Hall–Kier alpha value is -2.06. The van der Waals surface area contributed by atoms with Crippen molar-refractivity contribution in [2.24, 2.45) is 5.73 Å². The van der Waals surface area contributed by atoms with Crippen molar-refractivity contribution in [2.45, 2.75) is 25.8 Å².